The molecule has 0 atom stereocenters. The molecular weight excluding hydrogens is 322 g/mol. The zero-order valence-electron chi connectivity index (χ0n) is 14.3. The Balaban J connectivity index is 1.90. The van der Waals surface area contributed by atoms with Crippen LogP contribution in [0.4, 0.5) is 0 Å². The molecule has 0 amide bonds. The predicted octanol–water partition coefficient (Wildman–Crippen LogP) is 1.76. The van der Waals surface area contributed by atoms with Gasteiger partial charge in [0.05, 0.1) is 18.4 Å². The number of fused-ring (bicyclic) bond motifs is 1. The van der Waals surface area contributed by atoms with Crippen molar-refractivity contribution in [3.05, 3.63) is 47.5 Å². The summed E-state index contributed by atoms with van der Waals surface area (Å²) < 4.78 is 10.8. The summed E-state index contributed by atoms with van der Waals surface area (Å²) in [6, 6.07) is 7.14. The second-order valence-corrected chi connectivity index (χ2v) is 5.88. The van der Waals surface area contributed by atoms with E-state index in [4.69, 9.17) is 9.15 Å². The Bertz CT molecular complexity index is 852. The Labute approximate surface area is 145 Å². The number of aromatic nitrogens is 1. The highest BCUT2D eigenvalue weighted by atomic mass is 16.5. The number of likely N-dealkylation sites (N-methyl/N-ethyl adjacent to an activating group) is 1. The number of nitrogens with zero attached hydrogens (tertiary/aromatic N) is 2. The summed E-state index contributed by atoms with van der Waals surface area (Å²) in [4.78, 5) is 31.1. The quantitative estimate of drug-likeness (QED) is 0.857. The molecule has 130 valence electrons. The molecule has 0 aliphatic heterocycles. The van der Waals surface area contributed by atoms with E-state index in [1.54, 1.807) is 18.2 Å². The number of carbonyl (C=O) groups is 2. The first-order chi connectivity index (χ1) is 12.0. The van der Waals surface area contributed by atoms with Gasteiger partial charge in [-0.3, -0.25) is 9.59 Å². The molecule has 0 spiro atoms. The molecule has 3 rings (SSSR count). The van der Waals surface area contributed by atoms with Crippen molar-refractivity contribution in [2.24, 2.45) is 0 Å². The zero-order valence-corrected chi connectivity index (χ0v) is 14.3. The standard InChI is InChI=1S/C18H19N3O4/c1-21(2)9-8-19-12-10-13(22)17-15(16(12)23)20-18(25-17)11-6-4-5-7-14(11)24-3/h4-7,10,19H,8-9H2,1-3H3. The van der Waals surface area contributed by atoms with E-state index in [2.05, 4.69) is 10.3 Å². The lowest BCUT2D eigenvalue weighted by Gasteiger charge is -2.14. The molecule has 0 radical (unpaired) electrons. The number of para-hydroxylation sites is 1. The SMILES string of the molecule is COc1ccccc1-c1nc2c(o1)C(=O)C=C(NCCN(C)C)C2=O. The molecule has 7 heteroatoms. The normalized spacial score (nSPS) is 13.7. The van der Waals surface area contributed by atoms with Gasteiger partial charge in [-0.2, -0.15) is 0 Å². The summed E-state index contributed by atoms with van der Waals surface area (Å²) in [5, 5.41) is 2.99. The molecule has 1 aromatic carbocycles. The van der Waals surface area contributed by atoms with E-state index >= 15 is 0 Å². The lowest BCUT2D eigenvalue weighted by molar-refractivity contribution is 0.0960. The molecule has 1 aliphatic rings. The van der Waals surface area contributed by atoms with Crippen molar-refractivity contribution < 1.29 is 18.7 Å². The molecule has 0 fully saturated rings. The van der Waals surface area contributed by atoms with E-state index in [9.17, 15) is 9.59 Å². The Kier molecular flexibility index (Phi) is 4.67. The van der Waals surface area contributed by atoms with E-state index in [0.29, 0.717) is 17.9 Å². The van der Waals surface area contributed by atoms with Crippen LogP contribution in [0.1, 0.15) is 21.0 Å². The molecule has 0 unspecified atom stereocenters. The van der Waals surface area contributed by atoms with E-state index < -0.39 is 0 Å². The first kappa shape index (κ1) is 16.9. The third-order valence-electron chi connectivity index (χ3n) is 3.80. The van der Waals surface area contributed by atoms with Gasteiger partial charge in [-0.1, -0.05) is 12.1 Å². The number of allylic oxidation sites excluding steroid dienone is 2. The Morgan fingerprint density at radius 3 is 2.72 bits per heavy atom. The Morgan fingerprint density at radius 2 is 2.00 bits per heavy atom. The van der Waals surface area contributed by atoms with E-state index in [-0.39, 0.29) is 34.6 Å². The third-order valence-corrected chi connectivity index (χ3v) is 3.80. The molecule has 25 heavy (non-hydrogen) atoms. The van der Waals surface area contributed by atoms with Crippen LogP contribution in [0.5, 0.6) is 5.75 Å². The van der Waals surface area contributed by atoms with Gasteiger partial charge in [0.1, 0.15) is 5.75 Å². The van der Waals surface area contributed by atoms with Crippen molar-refractivity contribution in [2.75, 3.05) is 34.3 Å². The fourth-order valence-electron chi connectivity index (χ4n) is 2.51. The number of carbonyl (C=O) groups excluding carboxylic acids is 2. The monoisotopic (exact) mass is 341 g/mol. The minimum atomic E-state index is -0.379. The average Bonchev–Trinajstić information content (AvgIpc) is 3.05. The summed E-state index contributed by atoms with van der Waals surface area (Å²) in [5.74, 6) is -0.0247. The second-order valence-electron chi connectivity index (χ2n) is 5.88. The first-order valence-electron chi connectivity index (χ1n) is 7.84. The predicted molar refractivity (Wildman–Crippen MR) is 91.8 cm³/mol. The minimum Gasteiger partial charge on any atom is -0.496 e. The van der Waals surface area contributed by atoms with Crippen molar-refractivity contribution in [1.29, 1.82) is 0 Å². The maximum atomic E-state index is 12.6. The van der Waals surface area contributed by atoms with Crippen LogP contribution in [-0.2, 0) is 0 Å². The van der Waals surface area contributed by atoms with Crippen LogP contribution in [0, 0.1) is 0 Å². The second kappa shape index (κ2) is 6.90. The van der Waals surface area contributed by atoms with Gasteiger partial charge in [-0.25, -0.2) is 4.98 Å². The van der Waals surface area contributed by atoms with Crippen LogP contribution in [0.3, 0.4) is 0 Å². The number of methoxy groups -OCH3 is 1. The summed E-state index contributed by atoms with van der Waals surface area (Å²) in [6.45, 7) is 1.28. The van der Waals surface area contributed by atoms with Crippen molar-refractivity contribution in [2.45, 2.75) is 0 Å². The Hall–Kier alpha value is -2.93. The van der Waals surface area contributed by atoms with Crippen LogP contribution in [0.2, 0.25) is 0 Å². The Morgan fingerprint density at radius 1 is 1.24 bits per heavy atom. The van der Waals surface area contributed by atoms with Gasteiger partial charge in [-0.05, 0) is 26.2 Å². The zero-order chi connectivity index (χ0) is 18.0. The number of benzene rings is 1. The van der Waals surface area contributed by atoms with E-state index in [1.165, 1.54) is 13.2 Å². The molecule has 0 bridgehead atoms. The number of hydrogen-bond acceptors (Lipinski definition) is 7. The lowest BCUT2D eigenvalue weighted by Crippen LogP contribution is -2.31. The number of oxazole rings is 1. The number of Topliss-reactive ketones (excluding diaryl/α,β-unsaturated/α-hetero) is 1. The lowest BCUT2D eigenvalue weighted by atomic mass is 10.0. The highest BCUT2D eigenvalue weighted by molar-refractivity contribution is 6.22. The van der Waals surface area contributed by atoms with Gasteiger partial charge >= 0.3 is 0 Å². The van der Waals surface area contributed by atoms with Gasteiger partial charge in [0, 0.05) is 19.2 Å². The first-order valence-corrected chi connectivity index (χ1v) is 7.84. The molecule has 1 aromatic heterocycles. The summed E-state index contributed by atoms with van der Waals surface area (Å²) in [7, 11) is 5.39. The molecular formula is C18H19N3O4. The topological polar surface area (TPSA) is 84.7 Å². The van der Waals surface area contributed by atoms with Crippen LogP contribution in [0.25, 0.3) is 11.5 Å². The average molecular weight is 341 g/mol. The van der Waals surface area contributed by atoms with Gasteiger partial charge in [0.15, 0.2) is 5.69 Å². The van der Waals surface area contributed by atoms with Crippen molar-refractivity contribution >= 4 is 11.6 Å². The molecule has 1 N–H and O–H groups in total. The van der Waals surface area contributed by atoms with Crippen LogP contribution in [-0.4, -0.2) is 55.7 Å². The van der Waals surface area contributed by atoms with Gasteiger partial charge < -0.3 is 19.4 Å². The third kappa shape index (κ3) is 3.32. The van der Waals surface area contributed by atoms with Crippen molar-refractivity contribution in [3.63, 3.8) is 0 Å². The highest BCUT2D eigenvalue weighted by Gasteiger charge is 2.32. The van der Waals surface area contributed by atoms with Crippen molar-refractivity contribution in [3.8, 4) is 17.2 Å². The number of ether oxygens (including phenoxy) is 1. The molecule has 7 nitrogen and oxygen atoms in total. The van der Waals surface area contributed by atoms with Crippen LogP contribution >= 0.6 is 0 Å². The molecule has 1 aliphatic carbocycles. The maximum Gasteiger partial charge on any atom is 0.231 e. The maximum absolute atomic E-state index is 12.6. The van der Waals surface area contributed by atoms with Crippen LogP contribution in [0.15, 0.2) is 40.5 Å². The van der Waals surface area contributed by atoms with Gasteiger partial charge in [0.2, 0.25) is 23.2 Å². The summed E-state index contributed by atoms with van der Waals surface area (Å²) in [5.41, 5.74) is 0.849. The van der Waals surface area contributed by atoms with Crippen molar-refractivity contribution in [1.82, 2.24) is 15.2 Å². The summed E-state index contributed by atoms with van der Waals surface area (Å²) in [6.07, 6.45) is 1.26. The molecule has 0 saturated heterocycles. The van der Waals surface area contributed by atoms with Gasteiger partial charge in [0.25, 0.3) is 0 Å². The highest BCUT2D eigenvalue weighted by Crippen LogP contribution is 2.32. The van der Waals surface area contributed by atoms with E-state index in [0.717, 1.165) is 6.54 Å². The van der Waals surface area contributed by atoms with Crippen LogP contribution < -0.4 is 10.1 Å². The largest absolute Gasteiger partial charge is 0.496 e. The smallest absolute Gasteiger partial charge is 0.231 e. The molecule has 0 saturated carbocycles. The van der Waals surface area contributed by atoms with Gasteiger partial charge in [-0.15, -0.1) is 0 Å². The summed E-state index contributed by atoms with van der Waals surface area (Å²) >= 11 is 0. The number of nitrogens with one attached hydrogen (secondary N) is 1. The molecule has 2 aromatic rings. The van der Waals surface area contributed by atoms with E-state index in [1.807, 2.05) is 25.1 Å². The fraction of sp³-hybridized carbons (Fsp3) is 0.278. The number of rotatable bonds is 6. The molecule has 1 heterocycles. The number of ketones is 2. The minimum absolute atomic E-state index is 0.0285. The fourth-order valence-corrected chi connectivity index (χ4v) is 2.51. The number of hydrogen-bond donors (Lipinski definition) is 1.